The van der Waals surface area contributed by atoms with Gasteiger partial charge in [-0.3, -0.25) is 9.52 Å². The number of H-pyrrole nitrogens is 1. The Kier molecular flexibility index (Phi) is 6.02. The van der Waals surface area contributed by atoms with Gasteiger partial charge in [0, 0.05) is 30.3 Å². The number of halogens is 1. The Hall–Kier alpha value is -3.72. The largest absolute Gasteiger partial charge is 0.342 e. The lowest BCUT2D eigenvalue weighted by molar-refractivity contribution is 0.0705. The van der Waals surface area contributed by atoms with Gasteiger partial charge in [0.25, 0.3) is 15.9 Å². The Labute approximate surface area is 203 Å². The minimum absolute atomic E-state index is 0.0956. The number of sulfonamides is 1. The molecule has 2 N–H and O–H groups in total. The molecule has 1 aliphatic heterocycles. The number of anilines is 1. The van der Waals surface area contributed by atoms with Crippen molar-refractivity contribution in [3.63, 3.8) is 0 Å². The summed E-state index contributed by atoms with van der Waals surface area (Å²) >= 11 is 0. The number of rotatable bonds is 5. The Bertz CT molecular complexity index is 1480. The van der Waals surface area contributed by atoms with E-state index in [4.69, 9.17) is 4.98 Å². The molecular weight excluding hydrogens is 467 g/mol. The number of hydrogen-bond donors (Lipinski definition) is 2. The molecule has 0 radical (unpaired) electrons. The highest BCUT2D eigenvalue weighted by Crippen LogP contribution is 2.28. The van der Waals surface area contributed by atoms with Gasteiger partial charge in [0.15, 0.2) is 0 Å². The van der Waals surface area contributed by atoms with E-state index in [1.54, 1.807) is 30.0 Å². The number of amides is 1. The van der Waals surface area contributed by atoms with Gasteiger partial charge < -0.3 is 9.88 Å². The number of aromatic amines is 1. The lowest BCUT2D eigenvalue weighted by atomic mass is 9.96. The van der Waals surface area contributed by atoms with Crippen LogP contribution in [0.5, 0.6) is 0 Å². The molecule has 1 amide bonds. The predicted octanol–water partition coefficient (Wildman–Crippen LogP) is 4.83. The summed E-state index contributed by atoms with van der Waals surface area (Å²) in [5, 5.41) is 0. The van der Waals surface area contributed by atoms with Crippen LogP contribution >= 0.6 is 0 Å². The number of benzene rings is 3. The van der Waals surface area contributed by atoms with Crippen LogP contribution in [0.3, 0.4) is 0 Å². The quantitative estimate of drug-likeness (QED) is 0.417. The van der Waals surface area contributed by atoms with E-state index in [-0.39, 0.29) is 22.4 Å². The Morgan fingerprint density at radius 1 is 1.11 bits per heavy atom. The smallest absolute Gasteiger partial charge is 0.261 e. The van der Waals surface area contributed by atoms with Crippen LogP contribution in [-0.2, 0) is 10.0 Å². The maximum Gasteiger partial charge on any atom is 0.261 e. The molecule has 1 unspecified atom stereocenters. The molecule has 5 rings (SSSR count). The Morgan fingerprint density at radius 3 is 2.74 bits per heavy atom. The SMILES string of the molecule is Cc1ccc(S(=O)(=O)Nc2cccc(C(=O)N3CCCC(c4nc5ccccc5[nH]4)C3)c2)cc1F. The first kappa shape index (κ1) is 23.0. The van der Waals surface area contributed by atoms with E-state index >= 15 is 0 Å². The molecule has 1 aromatic heterocycles. The predicted molar refractivity (Wildman–Crippen MR) is 132 cm³/mol. The molecule has 3 aromatic carbocycles. The number of carbonyl (C=O) groups excluding carboxylic acids is 1. The van der Waals surface area contributed by atoms with Crippen molar-refractivity contribution in [1.82, 2.24) is 14.9 Å². The fourth-order valence-electron chi connectivity index (χ4n) is 4.40. The number of fused-ring (bicyclic) bond motifs is 1. The lowest BCUT2D eigenvalue weighted by Gasteiger charge is -2.32. The second kappa shape index (κ2) is 9.14. The van der Waals surface area contributed by atoms with Crippen LogP contribution < -0.4 is 4.72 Å². The summed E-state index contributed by atoms with van der Waals surface area (Å²) in [5.74, 6) is 0.197. The number of piperidine rings is 1. The molecule has 0 aliphatic carbocycles. The number of hydrogen-bond acceptors (Lipinski definition) is 4. The third-order valence-electron chi connectivity index (χ3n) is 6.32. The number of likely N-dealkylation sites (tertiary alicyclic amines) is 1. The van der Waals surface area contributed by atoms with Gasteiger partial charge in [-0.2, -0.15) is 0 Å². The van der Waals surface area contributed by atoms with E-state index in [1.165, 1.54) is 18.2 Å². The van der Waals surface area contributed by atoms with Crippen LogP contribution in [0, 0.1) is 12.7 Å². The summed E-state index contributed by atoms with van der Waals surface area (Å²) < 4.78 is 41.8. The third kappa shape index (κ3) is 4.77. The Morgan fingerprint density at radius 2 is 1.94 bits per heavy atom. The molecule has 180 valence electrons. The van der Waals surface area contributed by atoms with Crippen molar-refractivity contribution in [3.8, 4) is 0 Å². The van der Waals surface area contributed by atoms with Gasteiger partial charge in [0.2, 0.25) is 0 Å². The second-order valence-corrected chi connectivity index (χ2v) is 10.5. The van der Waals surface area contributed by atoms with Crippen molar-refractivity contribution in [2.75, 3.05) is 17.8 Å². The molecule has 9 heteroatoms. The van der Waals surface area contributed by atoms with Gasteiger partial charge in [-0.15, -0.1) is 0 Å². The molecule has 0 saturated carbocycles. The molecule has 0 spiro atoms. The minimum Gasteiger partial charge on any atom is -0.342 e. The average molecular weight is 493 g/mol. The van der Waals surface area contributed by atoms with Crippen molar-refractivity contribution in [2.24, 2.45) is 0 Å². The monoisotopic (exact) mass is 492 g/mol. The normalized spacial score (nSPS) is 16.4. The van der Waals surface area contributed by atoms with E-state index in [2.05, 4.69) is 9.71 Å². The van der Waals surface area contributed by atoms with Gasteiger partial charge >= 0.3 is 0 Å². The van der Waals surface area contributed by atoms with Crippen LogP contribution in [0.25, 0.3) is 11.0 Å². The molecule has 1 atom stereocenters. The fourth-order valence-corrected chi connectivity index (χ4v) is 5.46. The highest BCUT2D eigenvalue weighted by atomic mass is 32.2. The maximum absolute atomic E-state index is 13.9. The van der Waals surface area contributed by atoms with Crippen molar-refractivity contribution in [1.29, 1.82) is 0 Å². The number of imidazole rings is 1. The van der Waals surface area contributed by atoms with Crippen LogP contribution in [0.4, 0.5) is 10.1 Å². The summed E-state index contributed by atoms with van der Waals surface area (Å²) in [6.07, 6.45) is 1.77. The van der Waals surface area contributed by atoms with Crippen LogP contribution in [0.1, 0.15) is 40.5 Å². The van der Waals surface area contributed by atoms with Gasteiger partial charge in [-0.25, -0.2) is 17.8 Å². The summed E-state index contributed by atoms with van der Waals surface area (Å²) in [6, 6.07) is 17.9. The highest BCUT2D eigenvalue weighted by molar-refractivity contribution is 7.92. The standard InChI is InChI=1S/C26H25FN4O3S/c1-17-11-12-21(15-22(17)27)35(33,34)30-20-8-4-6-18(14-20)26(32)31-13-5-7-19(16-31)25-28-23-9-2-3-10-24(23)29-25/h2-4,6,8-12,14-15,19,30H,5,7,13,16H2,1H3,(H,28,29). The van der Waals surface area contributed by atoms with E-state index in [0.717, 1.165) is 35.8 Å². The zero-order valence-corrected chi connectivity index (χ0v) is 20.0. The van der Waals surface area contributed by atoms with E-state index in [1.807, 2.05) is 24.3 Å². The molecule has 35 heavy (non-hydrogen) atoms. The summed E-state index contributed by atoms with van der Waals surface area (Å²) in [7, 11) is -4.00. The topological polar surface area (TPSA) is 95.2 Å². The fraction of sp³-hybridized carbons (Fsp3) is 0.231. The van der Waals surface area contributed by atoms with Gasteiger partial charge in [0.05, 0.1) is 15.9 Å². The first-order valence-electron chi connectivity index (χ1n) is 11.4. The molecule has 7 nitrogen and oxygen atoms in total. The Balaban J connectivity index is 1.33. The van der Waals surface area contributed by atoms with Crippen molar-refractivity contribution >= 4 is 32.7 Å². The van der Waals surface area contributed by atoms with Gasteiger partial charge in [-0.1, -0.05) is 24.3 Å². The molecule has 0 bridgehead atoms. The second-order valence-electron chi connectivity index (χ2n) is 8.83. The third-order valence-corrected chi connectivity index (χ3v) is 7.70. The summed E-state index contributed by atoms with van der Waals surface area (Å²) in [6.45, 7) is 2.71. The molecule has 1 saturated heterocycles. The minimum atomic E-state index is -4.00. The molecule has 1 aliphatic rings. The van der Waals surface area contributed by atoms with E-state index < -0.39 is 15.8 Å². The number of carbonyl (C=O) groups is 1. The number of nitrogens with one attached hydrogen (secondary N) is 2. The first-order valence-corrected chi connectivity index (χ1v) is 12.9. The summed E-state index contributed by atoms with van der Waals surface area (Å²) in [5.41, 5.74) is 2.85. The average Bonchev–Trinajstić information content (AvgIpc) is 3.30. The molecular formula is C26H25FN4O3S. The summed E-state index contributed by atoms with van der Waals surface area (Å²) in [4.78, 5) is 23.0. The lowest BCUT2D eigenvalue weighted by Crippen LogP contribution is -2.39. The highest BCUT2D eigenvalue weighted by Gasteiger charge is 2.28. The van der Waals surface area contributed by atoms with Crippen molar-refractivity contribution in [3.05, 3.63) is 89.5 Å². The van der Waals surface area contributed by atoms with Gasteiger partial charge in [0.1, 0.15) is 11.6 Å². The zero-order valence-electron chi connectivity index (χ0n) is 19.2. The zero-order chi connectivity index (χ0) is 24.6. The number of para-hydroxylation sites is 2. The molecule has 4 aromatic rings. The number of aromatic nitrogens is 2. The van der Waals surface area contributed by atoms with Crippen LogP contribution in [0.2, 0.25) is 0 Å². The van der Waals surface area contributed by atoms with Gasteiger partial charge in [-0.05, 0) is 67.8 Å². The first-order chi connectivity index (χ1) is 16.8. The molecule has 1 fully saturated rings. The number of nitrogens with zero attached hydrogens (tertiary/aromatic N) is 2. The van der Waals surface area contributed by atoms with E-state index in [9.17, 15) is 17.6 Å². The van der Waals surface area contributed by atoms with Crippen LogP contribution in [0.15, 0.2) is 71.6 Å². The number of aryl methyl sites for hydroxylation is 1. The molecule has 2 heterocycles. The van der Waals surface area contributed by atoms with E-state index in [0.29, 0.717) is 24.2 Å². The van der Waals surface area contributed by atoms with Crippen molar-refractivity contribution < 1.29 is 17.6 Å². The maximum atomic E-state index is 13.9. The van der Waals surface area contributed by atoms with Crippen LogP contribution in [-0.4, -0.2) is 42.3 Å². The van der Waals surface area contributed by atoms with Crippen molar-refractivity contribution in [2.45, 2.75) is 30.6 Å².